The first-order valence-electron chi connectivity index (χ1n) is 21.4. The second-order valence-corrected chi connectivity index (χ2v) is 16.7. The van der Waals surface area contributed by atoms with Gasteiger partial charge in [-0.25, -0.2) is 4.99 Å². The van der Waals surface area contributed by atoms with Gasteiger partial charge in [-0.1, -0.05) is 127 Å². The molecular formula is C54H46N4. The first kappa shape index (κ1) is 33.7. The average molecular weight is 751 g/mol. The van der Waals surface area contributed by atoms with Gasteiger partial charge in [0.25, 0.3) is 0 Å². The van der Waals surface area contributed by atoms with Gasteiger partial charge in [0, 0.05) is 44.9 Å². The molecule has 0 spiro atoms. The van der Waals surface area contributed by atoms with Crippen LogP contribution in [0.1, 0.15) is 83.8 Å². The van der Waals surface area contributed by atoms with Crippen molar-refractivity contribution in [1.82, 2.24) is 9.88 Å². The van der Waals surface area contributed by atoms with Gasteiger partial charge in [-0.05, 0) is 121 Å². The largest absolute Gasteiger partial charge is 0.360 e. The van der Waals surface area contributed by atoms with Gasteiger partial charge in [0.1, 0.15) is 0 Å². The van der Waals surface area contributed by atoms with Crippen LogP contribution in [0.5, 0.6) is 0 Å². The third kappa shape index (κ3) is 5.38. The molecule has 58 heavy (non-hydrogen) atoms. The smallest absolute Gasteiger partial charge is 0.201 e. The van der Waals surface area contributed by atoms with E-state index in [9.17, 15) is 0 Å². The van der Waals surface area contributed by atoms with Gasteiger partial charge >= 0.3 is 0 Å². The molecule has 0 bridgehead atoms. The fourth-order valence-corrected chi connectivity index (χ4v) is 10.8. The van der Waals surface area contributed by atoms with E-state index in [1.165, 1.54) is 89.6 Å². The Kier molecular flexibility index (Phi) is 7.92. The normalized spacial score (nSPS) is 21.6. The minimum absolute atomic E-state index is 0.343. The van der Waals surface area contributed by atoms with Crippen molar-refractivity contribution in [2.24, 2.45) is 4.99 Å². The molecule has 12 rings (SSSR count). The van der Waals surface area contributed by atoms with Crippen LogP contribution in [0.4, 0.5) is 5.69 Å². The first-order chi connectivity index (χ1) is 28.8. The molecule has 4 nitrogen and oxygen atoms in total. The van der Waals surface area contributed by atoms with Gasteiger partial charge in [0.05, 0.1) is 22.8 Å². The summed E-state index contributed by atoms with van der Waals surface area (Å²) in [5, 5.41) is 6.49. The Morgan fingerprint density at radius 1 is 0.655 bits per heavy atom. The number of rotatable bonds is 5. The van der Waals surface area contributed by atoms with Crippen LogP contribution in [0, 0.1) is 0 Å². The minimum atomic E-state index is -0.343. The van der Waals surface area contributed by atoms with Crippen molar-refractivity contribution in [2.45, 2.75) is 69.7 Å². The molecule has 6 aromatic rings. The first-order valence-corrected chi connectivity index (χ1v) is 21.4. The highest BCUT2D eigenvalue weighted by Gasteiger charge is 2.38. The molecule has 5 aromatic carbocycles. The standard InChI is InChI=1S/C54H46N4/c1-2-18-39(19-3-1)57-50-26-10-8-22-44(50)46-30-28-38(33-53(46)57)37-29-31-52-47(32-37)45-23-9-11-27-51(45)58(52)54-55-48(42-24-12-16-35-14-4-6-20-40(35)42)34-49(56-54)43-25-13-17-36-15-5-7-21-41(36)43/h1-2,4,7-14,16-17,21-25,27-34,39,50,54-55H,3,5-6,15,18-20,26H2/t39-,50?,54?/m1/s1. The van der Waals surface area contributed by atoms with Crippen molar-refractivity contribution in [3.05, 3.63) is 185 Å². The molecule has 3 atom stereocenters. The lowest BCUT2D eigenvalue weighted by Gasteiger charge is -2.37. The monoisotopic (exact) mass is 750 g/mol. The van der Waals surface area contributed by atoms with Crippen LogP contribution in [-0.4, -0.2) is 22.4 Å². The number of anilines is 1. The molecule has 1 aromatic heterocycles. The maximum Gasteiger partial charge on any atom is 0.201 e. The maximum atomic E-state index is 5.62. The third-order valence-corrected chi connectivity index (χ3v) is 13.5. The van der Waals surface area contributed by atoms with Gasteiger partial charge < -0.3 is 14.8 Å². The lowest BCUT2D eigenvalue weighted by Crippen LogP contribution is -2.41. The molecule has 0 saturated carbocycles. The molecule has 2 aliphatic heterocycles. The molecule has 3 heterocycles. The number of aromatic nitrogens is 1. The molecular weight excluding hydrogens is 705 g/mol. The van der Waals surface area contributed by atoms with Crippen molar-refractivity contribution in [1.29, 1.82) is 0 Å². The van der Waals surface area contributed by atoms with E-state index in [1.54, 1.807) is 0 Å². The highest BCUT2D eigenvalue weighted by Crippen LogP contribution is 2.48. The van der Waals surface area contributed by atoms with Crippen LogP contribution < -0.4 is 10.2 Å². The third-order valence-electron chi connectivity index (χ3n) is 13.5. The molecule has 2 unspecified atom stereocenters. The fraction of sp³-hybridized carbons (Fsp3) is 0.204. The summed E-state index contributed by atoms with van der Waals surface area (Å²) in [6.45, 7) is 0. The number of aliphatic imine (C=N–C) groups is 1. The molecule has 0 amide bonds. The average Bonchev–Trinajstić information content (AvgIpc) is 3.81. The van der Waals surface area contributed by atoms with E-state index in [2.05, 4.69) is 173 Å². The fourth-order valence-electron chi connectivity index (χ4n) is 10.8. The van der Waals surface area contributed by atoms with Crippen molar-refractivity contribution >= 4 is 56.6 Å². The zero-order valence-corrected chi connectivity index (χ0v) is 32.7. The van der Waals surface area contributed by atoms with E-state index < -0.39 is 0 Å². The Morgan fingerprint density at radius 2 is 1.52 bits per heavy atom. The summed E-state index contributed by atoms with van der Waals surface area (Å²) in [7, 11) is 0. The Hall–Kier alpha value is -6.39. The summed E-state index contributed by atoms with van der Waals surface area (Å²) in [4.78, 5) is 8.38. The van der Waals surface area contributed by atoms with Crippen LogP contribution in [0.15, 0.2) is 151 Å². The van der Waals surface area contributed by atoms with Crippen molar-refractivity contribution in [2.75, 3.05) is 4.90 Å². The predicted molar refractivity (Wildman–Crippen MR) is 244 cm³/mol. The van der Waals surface area contributed by atoms with E-state index in [1.807, 2.05) is 0 Å². The number of para-hydroxylation sites is 1. The van der Waals surface area contributed by atoms with E-state index in [4.69, 9.17) is 4.99 Å². The van der Waals surface area contributed by atoms with E-state index >= 15 is 0 Å². The van der Waals surface area contributed by atoms with Gasteiger partial charge in [0.15, 0.2) is 0 Å². The highest BCUT2D eigenvalue weighted by molar-refractivity contribution is 6.15. The number of allylic oxidation sites excluding steroid dienone is 6. The summed E-state index contributed by atoms with van der Waals surface area (Å²) < 4.78 is 2.44. The van der Waals surface area contributed by atoms with Crippen molar-refractivity contribution < 1.29 is 0 Å². The molecule has 0 saturated heterocycles. The van der Waals surface area contributed by atoms with Gasteiger partial charge in [-0.3, -0.25) is 0 Å². The van der Waals surface area contributed by atoms with Crippen molar-refractivity contribution in [3.63, 3.8) is 0 Å². The molecule has 1 N–H and O–H groups in total. The molecule has 4 heteroatoms. The molecule has 282 valence electrons. The second-order valence-electron chi connectivity index (χ2n) is 16.7. The lowest BCUT2D eigenvalue weighted by atomic mass is 9.88. The van der Waals surface area contributed by atoms with Crippen LogP contribution in [-0.2, 0) is 12.8 Å². The number of hydrogen-bond acceptors (Lipinski definition) is 3. The quantitative estimate of drug-likeness (QED) is 0.178. The zero-order chi connectivity index (χ0) is 38.2. The van der Waals surface area contributed by atoms with Crippen LogP contribution in [0.3, 0.4) is 0 Å². The minimum Gasteiger partial charge on any atom is -0.360 e. The van der Waals surface area contributed by atoms with Gasteiger partial charge in [-0.2, -0.15) is 0 Å². The number of hydrogen-bond donors (Lipinski definition) is 1. The zero-order valence-electron chi connectivity index (χ0n) is 32.7. The lowest BCUT2D eigenvalue weighted by molar-refractivity contribution is 0.508. The summed E-state index contributed by atoms with van der Waals surface area (Å²) in [5.74, 6) is 0. The second kappa shape index (κ2) is 13.6. The van der Waals surface area contributed by atoms with E-state index in [0.717, 1.165) is 56.4 Å². The van der Waals surface area contributed by atoms with Crippen LogP contribution >= 0.6 is 0 Å². The van der Waals surface area contributed by atoms with Gasteiger partial charge in [0.2, 0.25) is 6.29 Å². The SMILES string of the molecule is C1=CCC2C(=C1)c1ccc(-c3ccc4c(c3)c3ccccc3n4C3N=C(c4cccc5c4C=CCC5)C=C(c4cccc5c4CCC=C5)N3)cc1N2[C@@H]1CC=CCC1. The van der Waals surface area contributed by atoms with E-state index in [0.29, 0.717) is 12.1 Å². The Labute approximate surface area is 340 Å². The molecule has 0 fully saturated rings. The Balaban J connectivity index is 1.00. The highest BCUT2D eigenvalue weighted by atomic mass is 15.3. The Morgan fingerprint density at radius 3 is 2.48 bits per heavy atom. The molecule has 6 aliphatic rings. The van der Waals surface area contributed by atoms with Crippen LogP contribution in [0.2, 0.25) is 0 Å². The molecule has 4 aliphatic carbocycles. The van der Waals surface area contributed by atoms with Crippen molar-refractivity contribution in [3.8, 4) is 11.1 Å². The number of nitrogens with one attached hydrogen (secondary N) is 1. The Bertz CT molecular complexity index is 2910. The summed E-state index contributed by atoms with van der Waals surface area (Å²) in [5.41, 5.74) is 19.2. The summed E-state index contributed by atoms with van der Waals surface area (Å²) in [6, 6.07) is 37.7. The maximum absolute atomic E-state index is 5.62. The number of benzene rings is 5. The molecule has 0 radical (unpaired) electrons. The summed E-state index contributed by atoms with van der Waals surface area (Å²) >= 11 is 0. The number of aryl methyl sites for hydroxylation is 1. The summed E-state index contributed by atoms with van der Waals surface area (Å²) in [6.07, 6.45) is 31.7. The van der Waals surface area contributed by atoms with E-state index in [-0.39, 0.29) is 6.29 Å². The van der Waals surface area contributed by atoms with Gasteiger partial charge in [-0.15, -0.1) is 0 Å². The van der Waals surface area contributed by atoms with Crippen LogP contribution in [0.25, 0.3) is 56.4 Å². The number of nitrogens with zero attached hydrogens (tertiary/aromatic N) is 3. The topological polar surface area (TPSA) is 32.6 Å². The number of fused-ring (bicyclic) bond motifs is 8. The predicted octanol–water partition coefficient (Wildman–Crippen LogP) is 12.6.